The molecule has 7 heteroatoms. The van der Waals surface area contributed by atoms with Crippen molar-refractivity contribution in [1.29, 1.82) is 5.26 Å². The number of ether oxygens (including phenoxy) is 1. The third-order valence-electron chi connectivity index (χ3n) is 5.31. The highest BCUT2D eigenvalue weighted by Crippen LogP contribution is 2.35. The first-order valence-corrected chi connectivity index (χ1v) is 10.5. The number of nitriles is 1. The topological polar surface area (TPSA) is 95.8 Å². The van der Waals surface area contributed by atoms with Crippen LogP contribution in [0.15, 0.2) is 29.1 Å². The van der Waals surface area contributed by atoms with E-state index >= 15 is 0 Å². The molecular formula is C22H21N3O3S. The van der Waals surface area contributed by atoms with Crippen molar-refractivity contribution < 1.29 is 9.53 Å². The van der Waals surface area contributed by atoms with Crippen LogP contribution in [-0.2, 0) is 35.4 Å². The Labute approximate surface area is 172 Å². The molecule has 0 fully saturated rings. The minimum Gasteiger partial charge on any atom is -0.461 e. The van der Waals surface area contributed by atoms with Crippen LogP contribution in [-0.4, -0.2) is 15.9 Å². The van der Waals surface area contributed by atoms with Crippen LogP contribution in [0.25, 0.3) is 10.2 Å². The molecule has 1 aliphatic rings. The van der Waals surface area contributed by atoms with Gasteiger partial charge in [0.05, 0.1) is 23.4 Å². The van der Waals surface area contributed by atoms with Crippen LogP contribution in [0.2, 0.25) is 0 Å². The smallest absolute Gasteiger partial charge is 0.306 e. The molecule has 0 amide bonds. The molecule has 1 N–H and O–H groups in total. The van der Waals surface area contributed by atoms with Gasteiger partial charge in [-0.05, 0) is 36.8 Å². The fourth-order valence-electron chi connectivity index (χ4n) is 3.72. The van der Waals surface area contributed by atoms with Gasteiger partial charge in [-0.15, -0.1) is 11.3 Å². The number of hydrogen-bond acceptors (Lipinski definition) is 6. The second-order valence-corrected chi connectivity index (χ2v) is 8.56. The zero-order valence-electron chi connectivity index (χ0n) is 16.2. The van der Waals surface area contributed by atoms with E-state index in [9.17, 15) is 9.59 Å². The average molecular weight is 407 g/mol. The van der Waals surface area contributed by atoms with Gasteiger partial charge in [0.2, 0.25) is 0 Å². The second kappa shape index (κ2) is 8.18. The summed E-state index contributed by atoms with van der Waals surface area (Å²) >= 11 is 1.60. The van der Waals surface area contributed by atoms with E-state index in [1.807, 2.05) is 0 Å². The van der Waals surface area contributed by atoms with Crippen LogP contribution >= 0.6 is 11.3 Å². The van der Waals surface area contributed by atoms with Crippen LogP contribution in [0.1, 0.15) is 47.2 Å². The molecule has 6 nitrogen and oxygen atoms in total. The van der Waals surface area contributed by atoms with Crippen molar-refractivity contribution in [3.8, 4) is 6.07 Å². The summed E-state index contributed by atoms with van der Waals surface area (Å²) in [4.78, 5) is 34.2. The van der Waals surface area contributed by atoms with Crippen molar-refractivity contribution in [2.75, 3.05) is 0 Å². The van der Waals surface area contributed by atoms with E-state index in [1.54, 1.807) is 35.6 Å². The Hall–Kier alpha value is -2.98. The number of aromatic amines is 1. The zero-order chi connectivity index (χ0) is 20.4. The van der Waals surface area contributed by atoms with E-state index in [4.69, 9.17) is 10.00 Å². The summed E-state index contributed by atoms with van der Waals surface area (Å²) in [7, 11) is 0. The third kappa shape index (κ3) is 4.08. The Kier molecular flexibility index (Phi) is 5.45. The monoisotopic (exact) mass is 407 g/mol. The summed E-state index contributed by atoms with van der Waals surface area (Å²) in [5.74, 6) is 0.748. The maximum Gasteiger partial charge on any atom is 0.306 e. The van der Waals surface area contributed by atoms with Gasteiger partial charge in [0.1, 0.15) is 17.3 Å². The fourth-order valence-corrected chi connectivity index (χ4v) is 5.12. The summed E-state index contributed by atoms with van der Waals surface area (Å²) < 4.78 is 5.28. The van der Waals surface area contributed by atoms with E-state index in [1.165, 1.54) is 4.88 Å². The van der Waals surface area contributed by atoms with Crippen LogP contribution in [0.5, 0.6) is 0 Å². The highest BCUT2D eigenvalue weighted by atomic mass is 32.1. The molecule has 0 saturated heterocycles. The summed E-state index contributed by atoms with van der Waals surface area (Å²) in [5, 5.41) is 9.81. The number of aryl methyl sites for hydroxylation is 2. The number of hydrogen-bond donors (Lipinski definition) is 1. The maximum absolute atomic E-state index is 12.6. The lowest BCUT2D eigenvalue weighted by atomic mass is 9.89. The van der Waals surface area contributed by atoms with Crippen LogP contribution in [0, 0.1) is 17.2 Å². The normalized spacial score (nSPS) is 15.7. The Balaban J connectivity index is 1.43. The molecule has 0 unspecified atom stereocenters. The van der Waals surface area contributed by atoms with Crippen molar-refractivity contribution in [3.63, 3.8) is 0 Å². The van der Waals surface area contributed by atoms with Gasteiger partial charge in [0.25, 0.3) is 5.56 Å². The molecule has 4 rings (SSSR count). The highest BCUT2D eigenvalue weighted by molar-refractivity contribution is 7.18. The van der Waals surface area contributed by atoms with Crippen molar-refractivity contribution >= 4 is 27.5 Å². The quantitative estimate of drug-likeness (QED) is 0.651. The predicted molar refractivity (Wildman–Crippen MR) is 111 cm³/mol. The van der Waals surface area contributed by atoms with Gasteiger partial charge >= 0.3 is 5.97 Å². The SMILES string of the molecule is C[C@@H]1CCc2c(sc3nc(CCC(=O)OCc4ccccc4C#N)[nH]c(=O)c23)C1. The Morgan fingerprint density at radius 2 is 2.24 bits per heavy atom. The minimum atomic E-state index is -0.389. The number of nitrogens with zero attached hydrogens (tertiary/aromatic N) is 2. The molecule has 0 saturated carbocycles. The van der Waals surface area contributed by atoms with Gasteiger partial charge in [0.15, 0.2) is 0 Å². The molecule has 148 valence electrons. The number of benzene rings is 1. The van der Waals surface area contributed by atoms with E-state index in [-0.39, 0.29) is 24.6 Å². The van der Waals surface area contributed by atoms with E-state index in [0.29, 0.717) is 29.3 Å². The lowest BCUT2D eigenvalue weighted by Crippen LogP contribution is -2.15. The number of esters is 1. The minimum absolute atomic E-state index is 0.0569. The molecular weight excluding hydrogens is 386 g/mol. The molecule has 0 spiro atoms. The van der Waals surface area contributed by atoms with Gasteiger partial charge in [-0.2, -0.15) is 5.26 Å². The number of H-pyrrole nitrogens is 1. The van der Waals surface area contributed by atoms with Crippen LogP contribution in [0.4, 0.5) is 0 Å². The van der Waals surface area contributed by atoms with Crippen molar-refractivity contribution in [2.24, 2.45) is 5.92 Å². The molecule has 29 heavy (non-hydrogen) atoms. The molecule has 1 aromatic carbocycles. The number of aromatic nitrogens is 2. The molecule has 2 aromatic heterocycles. The number of fused-ring (bicyclic) bond motifs is 3. The Morgan fingerprint density at radius 3 is 3.07 bits per heavy atom. The summed E-state index contributed by atoms with van der Waals surface area (Å²) in [6, 6.07) is 9.10. The second-order valence-electron chi connectivity index (χ2n) is 7.47. The molecule has 3 aromatic rings. The van der Waals surface area contributed by atoms with Gasteiger partial charge in [-0.1, -0.05) is 25.1 Å². The van der Waals surface area contributed by atoms with E-state index in [0.717, 1.165) is 35.0 Å². The molecule has 1 aliphatic carbocycles. The van der Waals surface area contributed by atoms with Crippen LogP contribution < -0.4 is 5.56 Å². The molecule has 2 heterocycles. The Bertz CT molecular complexity index is 1170. The third-order valence-corrected chi connectivity index (χ3v) is 6.46. The van der Waals surface area contributed by atoms with Crippen molar-refractivity contribution in [1.82, 2.24) is 9.97 Å². The fraction of sp³-hybridized carbons (Fsp3) is 0.364. The van der Waals surface area contributed by atoms with E-state index in [2.05, 4.69) is 23.0 Å². The number of rotatable bonds is 5. The van der Waals surface area contributed by atoms with Gasteiger partial charge in [-0.3, -0.25) is 9.59 Å². The van der Waals surface area contributed by atoms with Gasteiger partial charge < -0.3 is 9.72 Å². The summed E-state index contributed by atoms with van der Waals surface area (Å²) in [6.07, 6.45) is 3.45. The number of nitrogens with one attached hydrogen (secondary N) is 1. The molecule has 1 atom stereocenters. The van der Waals surface area contributed by atoms with Gasteiger partial charge in [-0.25, -0.2) is 4.98 Å². The predicted octanol–water partition coefficient (Wildman–Crippen LogP) is 3.66. The number of carbonyl (C=O) groups is 1. The zero-order valence-corrected chi connectivity index (χ0v) is 17.0. The number of carbonyl (C=O) groups excluding carboxylic acids is 1. The lowest BCUT2D eigenvalue weighted by Gasteiger charge is -2.17. The molecule has 0 radical (unpaired) electrons. The first-order valence-electron chi connectivity index (χ1n) is 9.72. The van der Waals surface area contributed by atoms with Crippen LogP contribution in [0.3, 0.4) is 0 Å². The Morgan fingerprint density at radius 1 is 1.41 bits per heavy atom. The average Bonchev–Trinajstić information content (AvgIpc) is 3.08. The van der Waals surface area contributed by atoms with Gasteiger partial charge in [0, 0.05) is 16.9 Å². The standard InChI is InChI=1S/C22H21N3O3S/c1-13-6-7-16-17(10-13)29-22-20(16)21(27)24-18(25-22)8-9-19(26)28-12-15-5-3-2-4-14(15)11-23/h2-5,13H,6-10,12H2,1H3,(H,24,25,27)/t13-/m1/s1. The maximum atomic E-state index is 12.6. The molecule has 0 aliphatic heterocycles. The first kappa shape index (κ1) is 19.3. The van der Waals surface area contributed by atoms with Crippen molar-refractivity contribution in [2.45, 2.75) is 45.6 Å². The first-order chi connectivity index (χ1) is 14.0. The van der Waals surface area contributed by atoms with Crippen molar-refractivity contribution in [3.05, 3.63) is 62.0 Å². The lowest BCUT2D eigenvalue weighted by molar-refractivity contribution is -0.144. The summed E-state index contributed by atoms with van der Waals surface area (Å²) in [6.45, 7) is 2.29. The highest BCUT2D eigenvalue weighted by Gasteiger charge is 2.23. The largest absolute Gasteiger partial charge is 0.461 e. The number of thiophene rings is 1. The van der Waals surface area contributed by atoms with E-state index < -0.39 is 0 Å². The molecule has 0 bridgehead atoms. The summed E-state index contributed by atoms with van der Waals surface area (Å²) in [5.41, 5.74) is 2.20.